The summed E-state index contributed by atoms with van der Waals surface area (Å²) in [5, 5.41) is 0.367. The van der Waals surface area contributed by atoms with Gasteiger partial charge in [-0.25, -0.2) is 4.79 Å². The second-order valence-electron chi connectivity index (χ2n) is 3.60. The molecule has 0 aliphatic heterocycles. The van der Waals surface area contributed by atoms with E-state index in [1.807, 2.05) is 0 Å². The van der Waals surface area contributed by atoms with Gasteiger partial charge < -0.3 is 15.4 Å². The van der Waals surface area contributed by atoms with Gasteiger partial charge in [-0.2, -0.15) is 0 Å². The molecule has 1 rings (SSSR count). The number of benzene rings is 1. The van der Waals surface area contributed by atoms with Crippen LogP contribution in [0.5, 0.6) is 0 Å². The Bertz CT molecular complexity index is 446. The maximum absolute atomic E-state index is 11.5. The number of hydrogen-bond donors (Lipinski definition) is 1. The van der Waals surface area contributed by atoms with Crippen LogP contribution in [0.3, 0.4) is 0 Å². The highest BCUT2D eigenvalue weighted by Gasteiger charge is 2.12. The van der Waals surface area contributed by atoms with Crippen LogP contribution in [0.2, 0.25) is 5.02 Å². The summed E-state index contributed by atoms with van der Waals surface area (Å²) in [6.07, 6.45) is 0. The molecule has 5 nitrogen and oxygen atoms in total. The smallest absolute Gasteiger partial charge is 0.338 e. The van der Waals surface area contributed by atoms with Gasteiger partial charge in [0.2, 0.25) is 0 Å². The standard InChI is InChI=1S/C11H13ClN2O3/c1-14(2)10(15)6-17-11(16)7-3-4-8(12)9(13)5-7/h3-5H,6,13H2,1-2H3. The maximum Gasteiger partial charge on any atom is 0.338 e. The highest BCUT2D eigenvalue weighted by atomic mass is 35.5. The van der Waals surface area contributed by atoms with Crippen molar-refractivity contribution in [2.45, 2.75) is 0 Å². The number of ether oxygens (including phenoxy) is 1. The van der Waals surface area contributed by atoms with E-state index in [-0.39, 0.29) is 18.1 Å². The number of nitrogen functional groups attached to an aromatic ring is 1. The summed E-state index contributed by atoms with van der Waals surface area (Å²) >= 11 is 5.72. The minimum atomic E-state index is -0.608. The Kier molecular flexibility index (Phi) is 4.34. The SMILES string of the molecule is CN(C)C(=O)COC(=O)c1ccc(Cl)c(N)c1. The molecule has 1 aromatic rings. The second kappa shape index (κ2) is 5.54. The average Bonchev–Trinajstić information content (AvgIpc) is 2.28. The van der Waals surface area contributed by atoms with Gasteiger partial charge in [0.05, 0.1) is 16.3 Å². The fourth-order valence-electron chi connectivity index (χ4n) is 1.01. The number of rotatable bonds is 3. The van der Waals surface area contributed by atoms with Crippen LogP contribution < -0.4 is 5.73 Å². The van der Waals surface area contributed by atoms with Gasteiger partial charge in [-0.1, -0.05) is 11.6 Å². The summed E-state index contributed by atoms with van der Waals surface area (Å²) in [6.45, 7) is -0.297. The van der Waals surface area contributed by atoms with E-state index < -0.39 is 5.97 Å². The van der Waals surface area contributed by atoms with Crippen LogP contribution in [0.4, 0.5) is 5.69 Å². The number of nitrogens with two attached hydrogens (primary N) is 1. The number of carbonyl (C=O) groups excluding carboxylic acids is 2. The Morgan fingerprint density at radius 3 is 2.59 bits per heavy atom. The fraction of sp³-hybridized carbons (Fsp3) is 0.273. The van der Waals surface area contributed by atoms with Crippen molar-refractivity contribution in [3.05, 3.63) is 28.8 Å². The molecular weight excluding hydrogens is 244 g/mol. The van der Waals surface area contributed by atoms with Crippen molar-refractivity contribution in [1.82, 2.24) is 4.90 Å². The minimum absolute atomic E-state index is 0.262. The molecule has 0 bridgehead atoms. The second-order valence-corrected chi connectivity index (χ2v) is 4.01. The Hall–Kier alpha value is -1.75. The zero-order valence-corrected chi connectivity index (χ0v) is 10.3. The molecule has 17 heavy (non-hydrogen) atoms. The van der Waals surface area contributed by atoms with Crippen molar-refractivity contribution in [1.29, 1.82) is 0 Å². The van der Waals surface area contributed by atoms with Gasteiger partial charge >= 0.3 is 5.97 Å². The van der Waals surface area contributed by atoms with Gasteiger partial charge in [0.1, 0.15) is 0 Å². The van der Waals surface area contributed by atoms with E-state index in [9.17, 15) is 9.59 Å². The van der Waals surface area contributed by atoms with Gasteiger partial charge in [-0.3, -0.25) is 4.79 Å². The third-order valence-electron chi connectivity index (χ3n) is 2.06. The first-order valence-corrected chi connectivity index (χ1v) is 5.22. The normalized spacial score (nSPS) is 9.82. The lowest BCUT2D eigenvalue weighted by Crippen LogP contribution is -2.27. The van der Waals surface area contributed by atoms with E-state index in [0.717, 1.165) is 0 Å². The largest absolute Gasteiger partial charge is 0.452 e. The van der Waals surface area contributed by atoms with Crippen molar-refractivity contribution in [2.24, 2.45) is 0 Å². The first-order chi connectivity index (χ1) is 7.91. The first kappa shape index (κ1) is 13.3. The van der Waals surface area contributed by atoms with E-state index in [4.69, 9.17) is 22.1 Å². The van der Waals surface area contributed by atoms with Crippen LogP contribution in [-0.4, -0.2) is 37.5 Å². The lowest BCUT2D eigenvalue weighted by atomic mass is 10.2. The minimum Gasteiger partial charge on any atom is -0.452 e. The van der Waals surface area contributed by atoms with Crippen LogP contribution in [0.25, 0.3) is 0 Å². The summed E-state index contributed by atoms with van der Waals surface area (Å²) in [5.41, 5.74) is 6.10. The molecule has 0 saturated heterocycles. The number of esters is 1. The monoisotopic (exact) mass is 256 g/mol. The molecule has 0 heterocycles. The number of halogens is 1. The van der Waals surface area contributed by atoms with E-state index in [1.54, 1.807) is 14.1 Å². The summed E-state index contributed by atoms with van der Waals surface area (Å²) in [7, 11) is 3.16. The van der Waals surface area contributed by atoms with Crippen LogP contribution >= 0.6 is 11.6 Å². The van der Waals surface area contributed by atoms with Gasteiger partial charge in [0, 0.05) is 14.1 Å². The number of likely N-dealkylation sites (N-methyl/N-ethyl adjacent to an activating group) is 1. The van der Waals surface area contributed by atoms with Crippen molar-refractivity contribution in [3.8, 4) is 0 Å². The third kappa shape index (κ3) is 3.64. The number of hydrogen-bond acceptors (Lipinski definition) is 4. The molecule has 2 N–H and O–H groups in total. The summed E-state index contributed by atoms with van der Waals surface area (Å²) in [5.74, 6) is -0.899. The molecule has 0 aliphatic carbocycles. The van der Waals surface area contributed by atoms with E-state index >= 15 is 0 Å². The molecule has 0 saturated carbocycles. The van der Waals surface area contributed by atoms with Crippen molar-refractivity contribution >= 4 is 29.2 Å². The van der Waals surface area contributed by atoms with E-state index in [0.29, 0.717) is 10.7 Å². The zero-order chi connectivity index (χ0) is 13.0. The molecule has 0 fully saturated rings. The molecule has 0 spiro atoms. The predicted octanol–water partition coefficient (Wildman–Crippen LogP) is 1.17. The maximum atomic E-state index is 11.5. The molecular formula is C11H13ClN2O3. The van der Waals surface area contributed by atoms with Gasteiger partial charge in [0.15, 0.2) is 6.61 Å². The Labute approximate surface area is 104 Å². The molecule has 0 aromatic heterocycles. The van der Waals surface area contributed by atoms with Crippen molar-refractivity contribution in [2.75, 3.05) is 26.4 Å². The van der Waals surface area contributed by atoms with Crippen molar-refractivity contribution in [3.63, 3.8) is 0 Å². The molecule has 6 heteroatoms. The predicted molar refractivity (Wildman–Crippen MR) is 64.8 cm³/mol. The lowest BCUT2D eigenvalue weighted by molar-refractivity contribution is -0.131. The summed E-state index contributed by atoms with van der Waals surface area (Å²) in [6, 6.07) is 4.40. The van der Waals surface area contributed by atoms with Crippen LogP contribution in [0.1, 0.15) is 10.4 Å². The third-order valence-corrected chi connectivity index (χ3v) is 2.40. The quantitative estimate of drug-likeness (QED) is 0.651. The highest BCUT2D eigenvalue weighted by Crippen LogP contribution is 2.19. The topological polar surface area (TPSA) is 72.6 Å². The van der Waals surface area contributed by atoms with E-state index in [2.05, 4.69) is 0 Å². The lowest BCUT2D eigenvalue weighted by Gasteiger charge is -2.10. The fourth-order valence-corrected chi connectivity index (χ4v) is 1.13. The Morgan fingerprint density at radius 2 is 2.06 bits per heavy atom. The number of amides is 1. The number of carbonyl (C=O) groups is 2. The molecule has 0 aliphatic rings. The Balaban J connectivity index is 2.64. The summed E-state index contributed by atoms with van der Waals surface area (Å²) in [4.78, 5) is 24.1. The van der Waals surface area contributed by atoms with Crippen molar-refractivity contribution < 1.29 is 14.3 Å². The molecule has 0 atom stereocenters. The first-order valence-electron chi connectivity index (χ1n) is 4.84. The van der Waals surface area contributed by atoms with Gasteiger partial charge in [-0.15, -0.1) is 0 Å². The summed E-state index contributed by atoms with van der Waals surface area (Å²) < 4.78 is 4.82. The molecule has 92 valence electrons. The van der Waals surface area contributed by atoms with Crippen LogP contribution in [0, 0.1) is 0 Å². The molecule has 1 amide bonds. The Morgan fingerprint density at radius 1 is 1.41 bits per heavy atom. The molecule has 0 unspecified atom stereocenters. The van der Waals surface area contributed by atoms with E-state index in [1.165, 1.54) is 23.1 Å². The number of nitrogens with zero attached hydrogens (tertiary/aromatic N) is 1. The van der Waals surface area contributed by atoms with Crippen LogP contribution in [0.15, 0.2) is 18.2 Å². The molecule has 1 aromatic carbocycles. The zero-order valence-electron chi connectivity index (χ0n) is 9.57. The number of anilines is 1. The molecule has 0 radical (unpaired) electrons. The van der Waals surface area contributed by atoms with Gasteiger partial charge in [0.25, 0.3) is 5.91 Å². The van der Waals surface area contributed by atoms with Crippen LogP contribution in [-0.2, 0) is 9.53 Å². The highest BCUT2D eigenvalue weighted by molar-refractivity contribution is 6.33. The van der Waals surface area contributed by atoms with Gasteiger partial charge in [-0.05, 0) is 18.2 Å². The average molecular weight is 257 g/mol.